The van der Waals surface area contributed by atoms with Gasteiger partial charge >= 0.3 is 0 Å². The molecule has 0 aliphatic heterocycles. The molecule has 0 aromatic rings. The van der Waals surface area contributed by atoms with Crippen molar-refractivity contribution in [3.63, 3.8) is 0 Å². The molecular formula is C11H18O. The molecule has 0 amide bonds. The first-order valence-electron chi connectivity index (χ1n) is 4.73. The van der Waals surface area contributed by atoms with Crippen molar-refractivity contribution in [2.24, 2.45) is 5.41 Å². The maximum Gasteiger partial charge on any atom is 0.133 e. The van der Waals surface area contributed by atoms with Crippen LogP contribution in [0.4, 0.5) is 0 Å². The number of allylic oxidation sites excluding steroid dienone is 2. The second kappa shape index (κ2) is 3.42. The average molecular weight is 166 g/mol. The van der Waals surface area contributed by atoms with Gasteiger partial charge in [0.1, 0.15) is 5.78 Å². The third-order valence-corrected chi connectivity index (χ3v) is 3.16. The van der Waals surface area contributed by atoms with Crippen LogP contribution in [-0.4, -0.2) is 5.78 Å². The van der Waals surface area contributed by atoms with Gasteiger partial charge in [0.25, 0.3) is 0 Å². The van der Waals surface area contributed by atoms with Gasteiger partial charge in [-0.05, 0) is 32.1 Å². The summed E-state index contributed by atoms with van der Waals surface area (Å²) in [6.07, 6.45) is 5.93. The van der Waals surface area contributed by atoms with Gasteiger partial charge in [0.05, 0.1) is 0 Å². The Labute approximate surface area is 74.9 Å². The molecule has 1 heteroatoms. The average Bonchev–Trinajstić information content (AvgIpc) is 2.02. The predicted molar refractivity (Wildman–Crippen MR) is 51.0 cm³/mol. The Morgan fingerprint density at radius 1 is 1.58 bits per heavy atom. The van der Waals surface area contributed by atoms with Crippen LogP contribution in [0, 0.1) is 5.41 Å². The number of rotatable bonds is 1. The van der Waals surface area contributed by atoms with E-state index in [1.807, 2.05) is 0 Å². The molecule has 0 heterocycles. The van der Waals surface area contributed by atoms with E-state index in [4.69, 9.17) is 0 Å². The summed E-state index contributed by atoms with van der Waals surface area (Å²) in [6, 6.07) is 0. The van der Waals surface area contributed by atoms with Crippen molar-refractivity contribution in [3.05, 3.63) is 11.6 Å². The minimum absolute atomic E-state index is 0.171. The summed E-state index contributed by atoms with van der Waals surface area (Å²) < 4.78 is 0. The standard InChI is InChI=1S/C11H18O/c1-4-9(2)11(3)7-5-6-10(12)8-11/h4H,5-8H2,1-3H3/b9-4+/t11-/m0/s1. The summed E-state index contributed by atoms with van der Waals surface area (Å²) in [5.74, 6) is 0.435. The van der Waals surface area contributed by atoms with E-state index in [9.17, 15) is 4.79 Å². The van der Waals surface area contributed by atoms with Gasteiger partial charge < -0.3 is 0 Å². The molecule has 1 aliphatic carbocycles. The summed E-state index contributed by atoms with van der Waals surface area (Å²) in [5.41, 5.74) is 1.54. The maximum absolute atomic E-state index is 11.3. The van der Waals surface area contributed by atoms with E-state index in [-0.39, 0.29) is 5.41 Å². The van der Waals surface area contributed by atoms with Gasteiger partial charge in [0.15, 0.2) is 0 Å². The van der Waals surface area contributed by atoms with E-state index in [2.05, 4.69) is 26.8 Å². The second-order valence-electron chi connectivity index (χ2n) is 4.10. The lowest BCUT2D eigenvalue weighted by Crippen LogP contribution is -2.26. The number of carbonyl (C=O) groups excluding carboxylic acids is 1. The van der Waals surface area contributed by atoms with Gasteiger partial charge in [-0.15, -0.1) is 0 Å². The molecule has 0 saturated heterocycles. The smallest absolute Gasteiger partial charge is 0.133 e. The number of hydrogen-bond donors (Lipinski definition) is 0. The van der Waals surface area contributed by atoms with E-state index < -0.39 is 0 Å². The second-order valence-corrected chi connectivity index (χ2v) is 4.10. The Kier molecular flexibility index (Phi) is 2.71. The lowest BCUT2D eigenvalue weighted by Gasteiger charge is -2.33. The molecule has 0 bridgehead atoms. The number of ketones is 1. The SMILES string of the molecule is C/C=C(\C)[C@@]1(C)CCCC(=O)C1. The molecule has 0 spiro atoms. The lowest BCUT2D eigenvalue weighted by molar-refractivity contribution is -0.122. The van der Waals surface area contributed by atoms with Gasteiger partial charge in [-0.3, -0.25) is 4.79 Å². The number of hydrogen-bond acceptors (Lipinski definition) is 1. The Morgan fingerprint density at radius 3 is 2.75 bits per heavy atom. The van der Waals surface area contributed by atoms with Crippen molar-refractivity contribution in [2.45, 2.75) is 46.5 Å². The zero-order valence-electron chi connectivity index (χ0n) is 8.31. The summed E-state index contributed by atoms with van der Waals surface area (Å²) >= 11 is 0. The highest BCUT2D eigenvalue weighted by molar-refractivity contribution is 5.80. The van der Waals surface area contributed by atoms with Crippen LogP contribution in [0.2, 0.25) is 0 Å². The van der Waals surface area contributed by atoms with E-state index in [1.165, 1.54) is 12.0 Å². The topological polar surface area (TPSA) is 17.1 Å². The highest BCUT2D eigenvalue weighted by Gasteiger charge is 2.31. The molecule has 0 radical (unpaired) electrons. The van der Waals surface area contributed by atoms with E-state index in [1.54, 1.807) is 0 Å². The predicted octanol–water partition coefficient (Wildman–Crippen LogP) is 3.10. The van der Waals surface area contributed by atoms with E-state index in [0.717, 1.165) is 19.3 Å². The van der Waals surface area contributed by atoms with Crippen LogP contribution < -0.4 is 0 Å². The summed E-state index contributed by atoms with van der Waals surface area (Å²) in [6.45, 7) is 6.40. The van der Waals surface area contributed by atoms with Gasteiger partial charge in [0.2, 0.25) is 0 Å². The first-order chi connectivity index (χ1) is 5.58. The Morgan fingerprint density at radius 2 is 2.25 bits per heavy atom. The molecule has 1 aliphatic rings. The molecule has 1 nitrogen and oxygen atoms in total. The summed E-state index contributed by atoms with van der Waals surface area (Å²) in [4.78, 5) is 11.3. The van der Waals surface area contributed by atoms with Gasteiger partial charge in [-0.2, -0.15) is 0 Å². The fourth-order valence-electron chi connectivity index (χ4n) is 1.97. The quantitative estimate of drug-likeness (QED) is 0.547. The van der Waals surface area contributed by atoms with Crippen LogP contribution in [0.15, 0.2) is 11.6 Å². The third kappa shape index (κ3) is 1.77. The summed E-state index contributed by atoms with van der Waals surface area (Å²) in [5, 5.41) is 0. The fourth-order valence-corrected chi connectivity index (χ4v) is 1.97. The molecule has 68 valence electrons. The first-order valence-corrected chi connectivity index (χ1v) is 4.73. The van der Waals surface area contributed by atoms with E-state index >= 15 is 0 Å². The van der Waals surface area contributed by atoms with Crippen molar-refractivity contribution in [1.82, 2.24) is 0 Å². The zero-order chi connectivity index (χ0) is 9.19. The Balaban J connectivity index is 2.76. The number of Topliss-reactive ketones (excluding diaryl/α,β-unsaturated/α-hetero) is 1. The van der Waals surface area contributed by atoms with Crippen LogP contribution in [0.3, 0.4) is 0 Å². The minimum Gasteiger partial charge on any atom is -0.300 e. The summed E-state index contributed by atoms with van der Waals surface area (Å²) in [7, 11) is 0. The first kappa shape index (κ1) is 9.50. The van der Waals surface area contributed by atoms with E-state index in [0.29, 0.717) is 5.78 Å². The fraction of sp³-hybridized carbons (Fsp3) is 0.727. The molecule has 0 aromatic heterocycles. The zero-order valence-corrected chi connectivity index (χ0v) is 8.31. The van der Waals surface area contributed by atoms with Crippen LogP contribution in [-0.2, 0) is 4.79 Å². The van der Waals surface area contributed by atoms with Gasteiger partial charge in [-0.25, -0.2) is 0 Å². The highest BCUT2D eigenvalue weighted by atomic mass is 16.1. The molecule has 0 aromatic carbocycles. The highest BCUT2D eigenvalue weighted by Crippen LogP contribution is 2.40. The lowest BCUT2D eigenvalue weighted by atomic mass is 9.70. The van der Waals surface area contributed by atoms with Crippen LogP contribution in [0.25, 0.3) is 0 Å². The molecule has 0 unspecified atom stereocenters. The molecular weight excluding hydrogens is 148 g/mol. The van der Waals surface area contributed by atoms with Crippen molar-refractivity contribution in [3.8, 4) is 0 Å². The molecule has 0 N–H and O–H groups in total. The van der Waals surface area contributed by atoms with Crippen LogP contribution >= 0.6 is 0 Å². The van der Waals surface area contributed by atoms with Crippen molar-refractivity contribution in [1.29, 1.82) is 0 Å². The molecule has 1 fully saturated rings. The Hall–Kier alpha value is -0.590. The van der Waals surface area contributed by atoms with Crippen molar-refractivity contribution < 1.29 is 4.79 Å². The molecule has 1 saturated carbocycles. The third-order valence-electron chi connectivity index (χ3n) is 3.16. The minimum atomic E-state index is 0.171. The maximum atomic E-state index is 11.3. The largest absolute Gasteiger partial charge is 0.300 e. The van der Waals surface area contributed by atoms with Gasteiger partial charge in [0, 0.05) is 12.8 Å². The monoisotopic (exact) mass is 166 g/mol. The van der Waals surface area contributed by atoms with Gasteiger partial charge in [-0.1, -0.05) is 18.6 Å². The molecule has 12 heavy (non-hydrogen) atoms. The van der Waals surface area contributed by atoms with Crippen molar-refractivity contribution >= 4 is 5.78 Å². The van der Waals surface area contributed by atoms with Crippen LogP contribution in [0.1, 0.15) is 46.5 Å². The van der Waals surface area contributed by atoms with Crippen molar-refractivity contribution in [2.75, 3.05) is 0 Å². The van der Waals surface area contributed by atoms with Crippen LogP contribution in [0.5, 0.6) is 0 Å². The normalized spacial score (nSPS) is 32.2. The Bertz CT molecular complexity index is 215. The number of carbonyl (C=O) groups is 1. The molecule has 1 atom stereocenters. The molecule has 1 rings (SSSR count).